The quantitative estimate of drug-likeness (QED) is 0.427. The summed E-state index contributed by atoms with van der Waals surface area (Å²) in [5, 5.41) is 0. The van der Waals surface area contributed by atoms with Crippen molar-refractivity contribution >= 4 is 12.2 Å². The van der Waals surface area contributed by atoms with Crippen molar-refractivity contribution in [3.63, 3.8) is 0 Å². The summed E-state index contributed by atoms with van der Waals surface area (Å²) in [7, 11) is 0. The van der Waals surface area contributed by atoms with Crippen LogP contribution in [0.1, 0.15) is 0 Å². The predicted octanol–water partition coefficient (Wildman–Crippen LogP) is -0.807. The Morgan fingerprint density at radius 3 is 1.71 bits per heavy atom. The fourth-order valence-electron chi connectivity index (χ4n) is 1.82. The van der Waals surface area contributed by atoms with Gasteiger partial charge in [-0.1, -0.05) is 0 Å². The molecular formula is C8H8N2O4. The minimum Gasteiger partial charge on any atom is -0.371 e. The summed E-state index contributed by atoms with van der Waals surface area (Å²) < 4.78 is 10.7. The molecule has 0 aromatic rings. The van der Waals surface area contributed by atoms with Crippen molar-refractivity contribution in [1.29, 1.82) is 0 Å². The van der Waals surface area contributed by atoms with E-state index in [4.69, 9.17) is 9.47 Å². The molecule has 74 valence electrons. The van der Waals surface area contributed by atoms with Crippen LogP contribution in [0.3, 0.4) is 0 Å². The maximum atomic E-state index is 10.1. The Morgan fingerprint density at radius 2 is 1.36 bits per heavy atom. The standard InChI is InChI=1S/C8H8N2O4/c11-3-9-5-1-13-8-6(10-4-12)2-14-7(5)8/h5-8H,1-2H2/t5-,6?,7?,8?/m1/s1. The molecule has 0 N–H and O–H groups in total. The van der Waals surface area contributed by atoms with Crippen LogP contribution >= 0.6 is 0 Å². The van der Waals surface area contributed by atoms with Gasteiger partial charge in [-0.3, -0.25) is 0 Å². The van der Waals surface area contributed by atoms with Gasteiger partial charge in [-0.05, 0) is 0 Å². The predicted molar refractivity (Wildman–Crippen MR) is 43.3 cm³/mol. The van der Waals surface area contributed by atoms with Crippen LogP contribution in [-0.4, -0.2) is 49.7 Å². The lowest BCUT2D eigenvalue weighted by Gasteiger charge is -2.09. The van der Waals surface area contributed by atoms with Crippen LogP contribution in [0.4, 0.5) is 0 Å². The van der Waals surface area contributed by atoms with Gasteiger partial charge in [0.15, 0.2) is 0 Å². The molecule has 4 atom stereocenters. The number of hydrogen-bond acceptors (Lipinski definition) is 6. The monoisotopic (exact) mass is 196 g/mol. The Labute approximate surface area is 79.6 Å². The van der Waals surface area contributed by atoms with Crippen LogP contribution in [-0.2, 0) is 19.1 Å². The summed E-state index contributed by atoms with van der Waals surface area (Å²) in [6.07, 6.45) is 2.39. The van der Waals surface area contributed by atoms with Gasteiger partial charge < -0.3 is 9.47 Å². The van der Waals surface area contributed by atoms with E-state index in [-0.39, 0.29) is 24.3 Å². The van der Waals surface area contributed by atoms with Crippen LogP contribution in [0.25, 0.3) is 0 Å². The molecule has 0 spiro atoms. The van der Waals surface area contributed by atoms with E-state index in [1.807, 2.05) is 0 Å². The average molecular weight is 196 g/mol. The molecule has 0 aromatic heterocycles. The summed E-state index contributed by atoms with van der Waals surface area (Å²) in [6, 6.07) is -0.631. The van der Waals surface area contributed by atoms with E-state index < -0.39 is 0 Å². The highest BCUT2D eigenvalue weighted by atomic mass is 16.6. The molecule has 2 rings (SSSR count). The third-order valence-corrected chi connectivity index (χ3v) is 2.44. The highest BCUT2D eigenvalue weighted by molar-refractivity contribution is 5.35. The molecule has 2 fully saturated rings. The second kappa shape index (κ2) is 3.82. The van der Waals surface area contributed by atoms with E-state index >= 15 is 0 Å². The second-order valence-corrected chi connectivity index (χ2v) is 3.17. The van der Waals surface area contributed by atoms with E-state index in [1.54, 1.807) is 0 Å². The van der Waals surface area contributed by atoms with Crippen LogP contribution < -0.4 is 0 Å². The van der Waals surface area contributed by atoms with Crippen LogP contribution in [0, 0.1) is 0 Å². The first-order valence-electron chi connectivity index (χ1n) is 4.24. The maximum Gasteiger partial charge on any atom is 0.235 e. The van der Waals surface area contributed by atoms with Crippen molar-refractivity contribution in [3.8, 4) is 0 Å². The zero-order valence-corrected chi connectivity index (χ0v) is 7.25. The lowest BCUT2D eigenvalue weighted by atomic mass is 10.1. The Balaban J connectivity index is 2.11. The highest BCUT2D eigenvalue weighted by Crippen LogP contribution is 2.29. The number of ether oxygens (including phenoxy) is 2. The molecule has 3 unspecified atom stereocenters. The summed E-state index contributed by atoms with van der Waals surface area (Å²) in [5.74, 6) is 0. The Bertz CT molecular complexity index is 287. The first kappa shape index (κ1) is 9.24. The lowest BCUT2D eigenvalue weighted by Crippen LogP contribution is -2.29. The maximum absolute atomic E-state index is 10.1. The normalized spacial score (nSPS) is 39.7. The number of nitrogens with zero attached hydrogens (tertiary/aromatic N) is 2. The number of fused-ring (bicyclic) bond motifs is 1. The fourth-order valence-corrected chi connectivity index (χ4v) is 1.82. The van der Waals surface area contributed by atoms with E-state index in [0.29, 0.717) is 13.2 Å². The van der Waals surface area contributed by atoms with Gasteiger partial charge in [-0.15, -0.1) is 0 Å². The van der Waals surface area contributed by atoms with Crippen molar-refractivity contribution in [1.82, 2.24) is 0 Å². The molecular weight excluding hydrogens is 188 g/mol. The molecule has 0 aliphatic carbocycles. The van der Waals surface area contributed by atoms with Gasteiger partial charge in [0.1, 0.15) is 24.3 Å². The van der Waals surface area contributed by atoms with Crippen molar-refractivity contribution < 1.29 is 19.1 Å². The fraction of sp³-hybridized carbons (Fsp3) is 0.750. The molecule has 2 heterocycles. The smallest absolute Gasteiger partial charge is 0.235 e. The minimum absolute atomic E-state index is 0.279. The zero-order chi connectivity index (χ0) is 9.97. The molecule has 0 amide bonds. The molecule has 0 saturated carbocycles. The average Bonchev–Trinajstić information content (AvgIpc) is 2.72. The highest BCUT2D eigenvalue weighted by Gasteiger charge is 2.48. The van der Waals surface area contributed by atoms with Gasteiger partial charge >= 0.3 is 0 Å². The summed E-state index contributed by atoms with van der Waals surface area (Å²) in [4.78, 5) is 27.3. The summed E-state index contributed by atoms with van der Waals surface area (Å²) >= 11 is 0. The molecule has 14 heavy (non-hydrogen) atoms. The van der Waals surface area contributed by atoms with Crippen molar-refractivity contribution in [2.75, 3.05) is 13.2 Å². The number of isocyanates is 2. The largest absolute Gasteiger partial charge is 0.371 e. The SMILES string of the molecule is O=C=NC1COC2C1OC[C@H]2N=C=O. The third-order valence-electron chi connectivity index (χ3n) is 2.44. The molecule has 6 nitrogen and oxygen atoms in total. The Morgan fingerprint density at radius 1 is 0.929 bits per heavy atom. The third kappa shape index (κ3) is 1.41. The topological polar surface area (TPSA) is 77.3 Å². The summed E-state index contributed by atoms with van der Waals surface area (Å²) in [5.41, 5.74) is 0. The van der Waals surface area contributed by atoms with E-state index in [2.05, 4.69) is 9.98 Å². The number of carbonyl (C=O) groups excluding carboxylic acids is 2. The Hall–Kier alpha value is -1.32. The molecule has 2 aliphatic rings. The number of aliphatic imine (C=N–C) groups is 2. The van der Waals surface area contributed by atoms with Gasteiger partial charge in [-0.25, -0.2) is 9.59 Å². The van der Waals surface area contributed by atoms with Gasteiger partial charge in [0, 0.05) is 0 Å². The van der Waals surface area contributed by atoms with Gasteiger partial charge in [-0.2, -0.15) is 9.98 Å². The molecule has 2 aliphatic heterocycles. The first-order valence-corrected chi connectivity index (χ1v) is 4.24. The molecule has 0 bridgehead atoms. The molecule has 0 aromatic carbocycles. The van der Waals surface area contributed by atoms with E-state index in [9.17, 15) is 9.59 Å². The minimum atomic E-state index is -0.315. The van der Waals surface area contributed by atoms with Gasteiger partial charge in [0.05, 0.1) is 13.2 Å². The van der Waals surface area contributed by atoms with Crippen LogP contribution in [0.15, 0.2) is 9.98 Å². The number of rotatable bonds is 2. The summed E-state index contributed by atoms with van der Waals surface area (Å²) in [6.45, 7) is 0.630. The second-order valence-electron chi connectivity index (χ2n) is 3.17. The number of hydrogen-bond donors (Lipinski definition) is 0. The molecule has 0 radical (unpaired) electrons. The van der Waals surface area contributed by atoms with E-state index in [0.717, 1.165) is 0 Å². The van der Waals surface area contributed by atoms with Crippen molar-refractivity contribution in [2.45, 2.75) is 24.3 Å². The lowest BCUT2D eigenvalue weighted by molar-refractivity contribution is 0.0693. The van der Waals surface area contributed by atoms with Crippen LogP contribution in [0.5, 0.6) is 0 Å². The van der Waals surface area contributed by atoms with Crippen molar-refractivity contribution in [3.05, 3.63) is 0 Å². The first-order chi connectivity index (χ1) is 6.86. The molecule has 2 saturated heterocycles. The van der Waals surface area contributed by atoms with Gasteiger partial charge in [0.2, 0.25) is 12.2 Å². The molecule has 6 heteroatoms. The Kier molecular flexibility index (Phi) is 2.52. The van der Waals surface area contributed by atoms with Gasteiger partial charge in [0.25, 0.3) is 0 Å². The zero-order valence-electron chi connectivity index (χ0n) is 7.25. The van der Waals surface area contributed by atoms with Crippen molar-refractivity contribution in [2.24, 2.45) is 9.98 Å². The van der Waals surface area contributed by atoms with Crippen LogP contribution in [0.2, 0.25) is 0 Å². The van der Waals surface area contributed by atoms with E-state index in [1.165, 1.54) is 12.2 Å².